The van der Waals surface area contributed by atoms with Crippen molar-refractivity contribution in [2.75, 3.05) is 20.8 Å². The van der Waals surface area contributed by atoms with Gasteiger partial charge in [-0.25, -0.2) is 4.79 Å². The number of ether oxygens (including phenoxy) is 2. The first-order valence-electron chi connectivity index (χ1n) is 18.7. The number of amides is 1. The number of piperidine rings is 1. The fourth-order valence-corrected chi connectivity index (χ4v) is 8.20. The van der Waals surface area contributed by atoms with Gasteiger partial charge in [0.1, 0.15) is 11.8 Å². The van der Waals surface area contributed by atoms with Crippen LogP contribution in [0.4, 0.5) is 0 Å². The Kier molecular flexibility index (Phi) is 20.1. The zero-order valence-corrected chi connectivity index (χ0v) is 32.3. The van der Waals surface area contributed by atoms with Crippen LogP contribution >= 0.6 is 11.6 Å². The minimum Gasteiger partial charge on any atom is -0.480 e. The Hall–Kier alpha value is -2.15. The van der Waals surface area contributed by atoms with E-state index in [0.717, 1.165) is 54.6 Å². The van der Waals surface area contributed by atoms with Crippen LogP contribution in [0.5, 0.6) is 0 Å². The summed E-state index contributed by atoms with van der Waals surface area (Å²) in [4.78, 5) is 50.6. The van der Waals surface area contributed by atoms with Gasteiger partial charge in [-0.2, -0.15) is 0 Å². The third kappa shape index (κ3) is 15.0. The summed E-state index contributed by atoms with van der Waals surface area (Å²) in [7, 11) is 3.27. The Morgan fingerprint density at radius 3 is 2.31 bits per heavy atom. The lowest BCUT2D eigenvalue weighted by atomic mass is 9.77. The van der Waals surface area contributed by atoms with Gasteiger partial charge < -0.3 is 34.8 Å². The summed E-state index contributed by atoms with van der Waals surface area (Å²) in [6.07, 6.45) is 9.77. The monoisotopic (exact) mass is 741 g/mol. The molecule has 4 N–H and O–H groups in total. The van der Waals surface area contributed by atoms with Crippen molar-refractivity contribution in [3.05, 3.63) is 23.3 Å². The number of carbonyl (C=O) groups is 4. The highest BCUT2D eigenvalue weighted by Gasteiger charge is 2.41. The Morgan fingerprint density at radius 2 is 1.71 bits per heavy atom. The first-order valence-corrected chi connectivity index (χ1v) is 19.2. The van der Waals surface area contributed by atoms with Gasteiger partial charge in [-0.05, 0) is 83.0 Å². The van der Waals surface area contributed by atoms with Gasteiger partial charge in [-0.1, -0.05) is 56.9 Å². The van der Waals surface area contributed by atoms with Crippen molar-refractivity contribution in [2.24, 2.45) is 29.6 Å². The van der Waals surface area contributed by atoms with Crippen molar-refractivity contribution >= 4 is 35.5 Å². The number of methoxy groups -OCH3 is 2. The van der Waals surface area contributed by atoms with Crippen molar-refractivity contribution in [1.82, 2.24) is 4.90 Å². The average Bonchev–Trinajstić information content (AvgIpc) is 3.09. The van der Waals surface area contributed by atoms with Crippen molar-refractivity contribution in [3.8, 4) is 0 Å². The number of nitrogens with zero attached hydrogens (tertiary/aromatic N) is 1. The SMILES string of the molecule is COC(CCC[C@@H](C)C/C(C)=C/[C@@H](C)C(=O)C[C@H](O)CC/C(=C/C1CCC(Cl)C(OC)C1)C1CCCN(C(=O)C=O)C1C(=O)O)CC(C)C(O)O. The molecule has 2 fully saturated rings. The molecule has 1 saturated carbocycles. The van der Waals surface area contributed by atoms with Gasteiger partial charge in [0.05, 0.1) is 23.7 Å². The molecule has 10 atom stereocenters. The number of aliphatic hydroxyl groups excluding tert-OH is 2. The molecule has 0 spiro atoms. The minimum absolute atomic E-state index is 0.0287. The van der Waals surface area contributed by atoms with Crippen LogP contribution in [0.2, 0.25) is 0 Å². The van der Waals surface area contributed by atoms with E-state index in [1.807, 2.05) is 19.9 Å². The Labute approximate surface area is 309 Å². The number of aliphatic carboxylic acids is 1. The van der Waals surface area contributed by atoms with E-state index in [1.54, 1.807) is 21.1 Å². The van der Waals surface area contributed by atoms with Crippen LogP contribution in [0.15, 0.2) is 23.3 Å². The lowest BCUT2D eigenvalue weighted by Gasteiger charge is -2.40. The molecule has 11 nitrogen and oxygen atoms in total. The van der Waals surface area contributed by atoms with Crippen LogP contribution in [-0.4, -0.2) is 106 Å². The lowest BCUT2D eigenvalue weighted by Crippen LogP contribution is -2.53. The third-order valence-corrected chi connectivity index (χ3v) is 11.4. The highest BCUT2D eigenvalue weighted by atomic mass is 35.5. The number of carboxylic acids is 1. The van der Waals surface area contributed by atoms with Crippen molar-refractivity contribution in [3.63, 3.8) is 0 Å². The molecular formula is C39H64ClNO10. The molecule has 0 radical (unpaired) electrons. The zero-order chi connectivity index (χ0) is 38.2. The molecule has 0 aromatic carbocycles. The topological polar surface area (TPSA) is 171 Å². The molecule has 51 heavy (non-hydrogen) atoms. The molecule has 1 aliphatic carbocycles. The molecule has 2 aliphatic rings. The number of Topliss-reactive ketones (excluding diaryl/α,β-unsaturated/α-hetero) is 1. The van der Waals surface area contributed by atoms with Gasteiger partial charge in [0.2, 0.25) is 6.29 Å². The molecule has 1 heterocycles. The molecule has 1 amide bonds. The number of halogens is 1. The first kappa shape index (κ1) is 45.0. The minimum atomic E-state index is -1.35. The predicted octanol–water partition coefficient (Wildman–Crippen LogP) is 5.46. The molecule has 0 aromatic heterocycles. The standard InChI is InChI=1S/C39H64ClNO10/c1-24(9-7-10-31(50-5)19-27(4)38(46)47)17-25(2)18-26(3)34(44)22-30(43)14-13-29(20-28-12-15-33(40)35(21-28)51-6)32-11-8-16-41(36(45)23-42)37(32)39(48)49/h18,20,23-24,26-28,30-33,35,37-38,43,46-47H,7-17,19,21-22H2,1-6H3,(H,48,49)/b25-18+,29-20-/t24-,26-,27?,28?,30-,31?,32?,33?,35?,37?/m1/s1. The first-order chi connectivity index (χ1) is 24.1. The molecule has 0 aromatic rings. The Balaban J connectivity index is 2.04. The Morgan fingerprint density at radius 1 is 1.00 bits per heavy atom. The van der Waals surface area contributed by atoms with Gasteiger partial charge >= 0.3 is 5.97 Å². The van der Waals surface area contributed by atoms with Gasteiger partial charge in [0, 0.05) is 44.9 Å². The molecule has 1 saturated heterocycles. The largest absolute Gasteiger partial charge is 0.480 e. The number of likely N-dealkylation sites (tertiary alicyclic amines) is 1. The number of hydrogen-bond donors (Lipinski definition) is 4. The van der Waals surface area contributed by atoms with E-state index in [9.17, 15) is 39.6 Å². The summed E-state index contributed by atoms with van der Waals surface area (Å²) in [5, 5.41) is 39.9. The number of hydrogen-bond acceptors (Lipinski definition) is 9. The van der Waals surface area contributed by atoms with Crippen LogP contribution in [-0.2, 0) is 28.7 Å². The fraction of sp³-hybridized carbons (Fsp3) is 0.795. The smallest absolute Gasteiger partial charge is 0.327 e. The van der Waals surface area contributed by atoms with E-state index in [0.29, 0.717) is 38.0 Å². The molecule has 7 unspecified atom stereocenters. The van der Waals surface area contributed by atoms with Gasteiger partial charge in [0.15, 0.2) is 6.29 Å². The van der Waals surface area contributed by atoms with Crippen LogP contribution < -0.4 is 0 Å². The zero-order valence-electron chi connectivity index (χ0n) is 31.5. The summed E-state index contributed by atoms with van der Waals surface area (Å²) in [6, 6.07) is -1.19. The van der Waals surface area contributed by atoms with E-state index < -0.39 is 36.2 Å². The summed E-state index contributed by atoms with van der Waals surface area (Å²) in [5.74, 6) is -2.79. The number of allylic oxidation sites excluding steroid dienone is 3. The van der Waals surface area contributed by atoms with Crippen LogP contribution in [0.25, 0.3) is 0 Å². The third-order valence-electron chi connectivity index (χ3n) is 10.9. The highest BCUT2D eigenvalue weighted by molar-refractivity contribution is 6.24. The van der Waals surface area contributed by atoms with E-state index in [-0.39, 0.29) is 66.8 Å². The van der Waals surface area contributed by atoms with Crippen LogP contribution in [0.3, 0.4) is 0 Å². The molecule has 0 bridgehead atoms. The number of carbonyl (C=O) groups excluding carboxylic acids is 3. The number of alkyl halides is 1. The molecule has 1 aliphatic heterocycles. The maximum atomic E-state index is 13.2. The Bertz CT molecular complexity index is 1170. The summed E-state index contributed by atoms with van der Waals surface area (Å²) in [6.45, 7) is 8.01. The van der Waals surface area contributed by atoms with Gasteiger partial charge in [-0.15, -0.1) is 11.6 Å². The average molecular weight is 742 g/mol. The second-order valence-corrected chi connectivity index (χ2v) is 15.7. The van der Waals surface area contributed by atoms with Gasteiger partial charge in [0.25, 0.3) is 5.91 Å². The lowest BCUT2D eigenvalue weighted by molar-refractivity contribution is -0.155. The van der Waals surface area contributed by atoms with Crippen LogP contribution in [0.1, 0.15) is 111 Å². The van der Waals surface area contributed by atoms with Crippen molar-refractivity contribution in [1.29, 1.82) is 0 Å². The fourth-order valence-electron chi connectivity index (χ4n) is 7.87. The van der Waals surface area contributed by atoms with Gasteiger partial charge in [-0.3, -0.25) is 14.4 Å². The summed E-state index contributed by atoms with van der Waals surface area (Å²) >= 11 is 6.47. The normalized spacial score (nSPS) is 26.3. The molecular weight excluding hydrogens is 678 g/mol. The molecule has 12 heteroatoms. The summed E-state index contributed by atoms with van der Waals surface area (Å²) < 4.78 is 11.1. The number of aliphatic hydroxyl groups is 3. The number of rotatable bonds is 22. The van der Waals surface area contributed by atoms with Crippen LogP contribution in [0, 0.1) is 29.6 Å². The highest BCUT2D eigenvalue weighted by Crippen LogP contribution is 2.37. The van der Waals surface area contributed by atoms with E-state index in [2.05, 4.69) is 13.0 Å². The maximum Gasteiger partial charge on any atom is 0.327 e. The van der Waals surface area contributed by atoms with E-state index >= 15 is 0 Å². The van der Waals surface area contributed by atoms with E-state index in [1.165, 1.54) is 0 Å². The molecule has 292 valence electrons. The summed E-state index contributed by atoms with van der Waals surface area (Å²) in [5.41, 5.74) is 1.93. The number of ketones is 1. The maximum absolute atomic E-state index is 13.2. The predicted molar refractivity (Wildman–Crippen MR) is 196 cm³/mol. The number of carboxylic acid groups (broad SMARTS) is 1. The molecule has 2 rings (SSSR count). The quantitative estimate of drug-likeness (QED) is 0.0368. The van der Waals surface area contributed by atoms with Crippen molar-refractivity contribution in [2.45, 2.75) is 147 Å². The van der Waals surface area contributed by atoms with E-state index in [4.69, 9.17) is 21.1 Å². The number of aldehydes is 1. The second kappa shape index (κ2) is 22.8. The second-order valence-electron chi connectivity index (χ2n) is 15.2. The van der Waals surface area contributed by atoms with Crippen molar-refractivity contribution < 1.29 is 49.1 Å².